The van der Waals surface area contributed by atoms with Crippen LogP contribution in [0.1, 0.15) is 25.0 Å². The summed E-state index contributed by atoms with van der Waals surface area (Å²) in [6.45, 7) is 4.67. The largest absolute Gasteiger partial charge is 0.310 e. The van der Waals surface area contributed by atoms with Crippen molar-refractivity contribution in [2.24, 2.45) is 0 Å². The standard InChI is InChI=1S/C51H35N3S/c1-51(2)44-21-10-8-19-39(44)40-25-24-38(31-45(40)51)54(36-16-4-3-5-17-36)37-18-12-15-35(27-37)50-52-46-22-11-9-20-41(46)49(53-50)34-23-26-47-42(29-34)43-28-32-13-6-7-14-33(32)30-48(43)55-47/h3-31H,1-2H3. The van der Waals surface area contributed by atoms with Gasteiger partial charge in [0.2, 0.25) is 0 Å². The second kappa shape index (κ2) is 12.2. The van der Waals surface area contributed by atoms with Gasteiger partial charge in [-0.1, -0.05) is 123 Å². The van der Waals surface area contributed by atoms with Gasteiger partial charge < -0.3 is 4.90 Å². The number of fused-ring (bicyclic) bond motifs is 8. The molecule has 2 heterocycles. The minimum atomic E-state index is -0.104. The molecule has 260 valence electrons. The van der Waals surface area contributed by atoms with E-state index in [9.17, 15) is 0 Å². The lowest BCUT2D eigenvalue weighted by molar-refractivity contribution is 0.660. The Hall–Kier alpha value is -6.62. The molecule has 1 aliphatic rings. The van der Waals surface area contributed by atoms with Gasteiger partial charge in [0, 0.05) is 59.2 Å². The van der Waals surface area contributed by atoms with Gasteiger partial charge in [-0.05, 0) is 99.8 Å². The van der Waals surface area contributed by atoms with Crippen molar-refractivity contribution in [3.63, 3.8) is 0 Å². The molecule has 4 heteroatoms. The first-order valence-electron chi connectivity index (χ1n) is 18.8. The molecule has 3 nitrogen and oxygen atoms in total. The van der Waals surface area contributed by atoms with Gasteiger partial charge in [-0.3, -0.25) is 0 Å². The quantitative estimate of drug-likeness (QED) is 0.177. The second-order valence-electron chi connectivity index (χ2n) is 15.0. The van der Waals surface area contributed by atoms with Crippen LogP contribution in [0.25, 0.3) is 75.6 Å². The zero-order valence-corrected chi connectivity index (χ0v) is 31.3. The molecule has 8 aromatic carbocycles. The van der Waals surface area contributed by atoms with Crippen LogP contribution in [0.15, 0.2) is 176 Å². The van der Waals surface area contributed by atoms with Gasteiger partial charge in [0.1, 0.15) is 0 Å². The van der Waals surface area contributed by atoms with Crippen LogP contribution in [0.3, 0.4) is 0 Å². The number of thiophene rings is 1. The Morgan fingerprint density at radius 3 is 2.05 bits per heavy atom. The van der Waals surface area contributed by atoms with Crippen LogP contribution in [0.2, 0.25) is 0 Å². The van der Waals surface area contributed by atoms with E-state index in [1.165, 1.54) is 53.2 Å². The summed E-state index contributed by atoms with van der Waals surface area (Å²) in [6.07, 6.45) is 0. The number of benzene rings is 8. The van der Waals surface area contributed by atoms with Gasteiger partial charge in [-0.15, -0.1) is 11.3 Å². The summed E-state index contributed by atoms with van der Waals surface area (Å²) in [5.41, 5.74) is 12.4. The van der Waals surface area contributed by atoms with E-state index < -0.39 is 0 Å². The van der Waals surface area contributed by atoms with Crippen LogP contribution in [-0.2, 0) is 5.41 Å². The van der Waals surface area contributed by atoms with Crippen LogP contribution in [0, 0.1) is 0 Å². The number of hydrogen-bond donors (Lipinski definition) is 0. The first kappa shape index (κ1) is 31.9. The first-order valence-corrected chi connectivity index (χ1v) is 19.6. The van der Waals surface area contributed by atoms with Gasteiger partial charge >= 0.3 is 0 Å². The molecule has 2 aromatic heterocycles. The van der Waals surface area contributed by atoms with Crippen LogP contribution in [0.5, 0.6) is 0 Å². The topological polar surface area (TPSA) is 29.0 Å². The molecule has 1 aliphatic carbocycles. The monoisotopic (exact) mass is 721 g/mol. The summed E-state index contributed by atoms with van der Waals surface area (Å²) in [7, 11) is 0. The first-order chi connectivity index (χ1) is 27.0. The lowest BCUT2D eigenvalue weighted by atomic mass is 9.82. The smallest absolute Gasteiger partial charge is 0.160 e. The number of rotatable bonds is 5. The summed E-state index contributed by atoms with van der Waals surface area (Å²) in [6, 6.07) is 63.5. The van der Waals surface area contributed by atoms with E-state index in [0.29, 0.717) is 5.82 Å². The van der Waals surface area contributed by atoms with E-state index >= 15 is 0 Å². The minimum absolute atomic E-state index is 0.104. The molecular weight excluding hydrogens is 687 g/mol. The summed E-state index contributed by atoms with van der Waals surface area (Å²) in [5.74, 6) is 0.704. The molecule has 0 amide bonds. The molecular formula is C51H35N3S. The highest BCUT2D eigenvalue weighted by Crippen LogP contribution is 2.50. The Morgan fingerprint density at radius 2 is 1.16 bits per heavy atom. The van der Waals surface area contributed by atoms with E-state index in [0.717, 1.165) is 44.8 Å². The van der Waals surface area contributed by atoms with Crippen LogP contribution < -0.4 is 4.90 Å². The van der Waals surface area contributed by atoms with E-state index in [1.807, 2.05) is 11.3 Å². The predicted octanol–water partition coefficient (Wildman–Crippen LogP) is 14.3. The van der Waals surface area contributed by atoms with Crippen LogP contribution >= 0.6 is 11.3 Å². The van der Waals surface area contributed by atoms with Crippen molar-refractivity contribution in [3.05, 3.63) is 187 Å². The highest BCUT2D eigenvalue weighted by Gasteiger charge is 2.35. The van der Waals surface area contributed by atoms with Crippen molar-refractivity contribution in [2.45, 2.75) is 19.3 Å². The Labute approximate surface area is 323 Å². The molecule has 0 saturated carbocycles. The fourth-order valence-corrected chi connectivity index (χ4v) is 9.79. The zero-order chi connectivity index (χ0) is 36.7. The van der Waals surface area contributed by atoms with Crippen LogP contribution in [-0.4, -0.2) is 9.97 Å². The third kappa shape index (κ3) is 5.10. The summed E-state index contributed by atoms with van der Waals surface area (Å²) >= 11 is 1.85. The lowest BCUT2D eigenvalue weighted by Gasteiger charge is -2.28. The normalized spacial score (nSPS) is 13.1. The number of hydrogen-bond acceptors (Lipinski definition) is 4. The van der Waals surface area contributed by atoms with E-state index in [2.05, 4.69) is 195 Å². The van der Waals surface area contributed by atoms with Gasteiger partial charge in [0.15, 0.2) is 5.82 Å². The molecule has 55 heavy (non-hydrogen) atoms. The van der Waals surface area contributed by atoms with Crippen molar-refractivity contribution in [2.75, 3.05) is 4.90 Å². The molecule has 0 fully saturated rings. The fraction of sp³-hybridized carbons (Fsp3) is 0.0588. The molecule has 0 unspecified atom stereocenters. The van der Waals surface area contributed by atoms with E-state index in [1.54, 1.807) is 0 Å². The number of anilines is 3. The SMILES string of the molecule is CC1(C)c2ccccc2-c2ccc(N(c3ccccc3)c3cccc(-c4nc(-c5ccc6sc7cc8ccccc8cc7c6c5)c5ccccc5n4)c3)cc21. The van der Waals surface area contributed by atoms with Crippen LogP contribution in [0.4, 0.5) is 17.1 Å². The summed E-state index contributed by atoms with van der Waals surface area (Å²) < 4.78 is 2.58. The maximum atomic E-state index is 5.37. The summed E-state index contributed by atoms with van der Waals surface area (Å²) in [4.78, 5) is 12.9. The maximum Gasteiger partial charge on any atom is 0.160 e. The number of para-hydroxylation sites is 2. The summed E-state index contributed by atoms with van der Waals surface area (Å²) in [5, 5.41) is 6.11. The van der Waals surface area contributed by atoms with Gasteiger partial charge in [-0.25, -0.2) is 9.97 Å². The van der Waals surface area contributed by atoms with Gasteiger partial charge in [0.05, 0.1) is 11.2 Å². The maximum absolute atomic E-state index is 5.37. The van der Waals surface area contributed by atoms with Crippen molar-refractivity contribution >= 4 is 70.2 Å². The average Bonchev–Trinajstić information content (AvgIpc) is 3.70. The van der Waals surface area contributed by atoms with Crippen molar-refractivity contribution < 1.29 is 0 Å². The third-order valence-corrected chi connectivity index (χ3v) is 12.6. The average molecular weight is 722 g/mol. The molecule has 10 aromatic rings. The molecule has 0 bridgehead atoms. The predicted molar refractivity (Wildman–Crippen MR) is 233 cm³/mol. The Morgan fingerprint density at radius 1 is 0.455 bits per heavy atom. The van der Waals surface area contributed by atoms with E-state index in [-0.39, 0.29) is 5.41 Å². The molecule has 0 radical (unpaired) electrons. The van der Waals surface area contributed by atoms with Crippen molar-refractivity contribution in [3.8, 4) is 33.8 Å². The minimum Gasteiger partial charge on any atom is -0.310 e. The van der Waals surface area contributed by atoms with Gasteiger partial charge in [0.25, 0.3) is 0 Å². The third-order valence-electron chi connectivity index (χ3n) is 11.4. The highest BCUT2D eigenvalue weighted by atomic mass is 32.1. The Kier molecular flexibility index (Phi) is 7.07. The number of nitrogens with zero attached hydrogens (tertiary/aromatic N) is 3. The Bertz CT molecular complexity index is 3140. The molecule has 0 saturated heterocycles. The highest BCUT2D eigenvalue weighted by molar-refractivity contribution is 7.25. The number of aromatic nitrogens is 2. The second-order valence-corrected chi connectivity index (χ2v) is 16.1. The van der Waals surface area contributed by atoms with Gasteiger partial charge in [-0.2, -0.15) is 0 Å². The van der Waals surface area contributed by atoms with Crippen molar-refractivity contribution in [1.29, 1.82) is 0 Å². The molecule has 11 rings (SSSR count). The molecule has 0 spiro atoms. The molecule has 0 N–H and O–H groups in total. The fourth-order valence-electron chi connectivity index (χ4n) is 8.68. The molecule has 0 aliphatic heterocycles. The Balaban J connectivity index is 1.05. The van der Waals surface area contributed by atoms with E-state index in [4.69, 9.17) is 9.97 Å². The lowest BCUT2D eigenvalue weighted by Crippen LogP contribution is -2.16. The zero-order valence-electron chi connectivity index (χ0n) is 30.5. The van der Waals surface area contributed by atoms with Crippen molar-refractivity contribution in [1.82, 2.24) is 9.97 Å². The molecule has 0 atom stereocenters.